The largest absolute Gasteiger partial charge is 0.481 e. The van der Waals surface area contributed by atoms with Gasteiger partial charge in [-0.2, -0.15) is 0 Å². The molecule has 0 heterocycles. The topological polar surface area (TPSA) is 37.3 Å². The Bertz CT molecular complexity index is 195. The van der Waals surface area contributed by atoms with Gasteiger partial charge in [-0.05, 0) is 6.42 Å². The van der Waals surface area contributed by atoms with Crippen molar-refractivity contribution < 1.29 is 9.90 Å². The maximum absolute atomic E-state index is 10.3. The van der Waals surface area contributed by atoms with E-state index in [-0.39, 0.29) is 48.9 Å². The van der Waals surface area contributed by atoms with E-state index in [4.69, 9.17) is 5.11 Å². The van der Waals surface area contributed by atoms with Crippen molar-refractivity contribution in [1.29, 1.82) is 0 Å². The average Bonchev–Trinajstić information content (AvgIpc) is 2.39. The molecule has 0 aliphatic carbocycles. The summed E-state index contributed by atoms with van der Waals surface area (Å²) in [6, 6.07) is 0. The number of unbranched alkanes of at least 4 members (excludes halogenated alkanes) is 13. The Labute approximate surface area is 166 Å². The van der Waals surface area contributed by atoms with Crippen LogP contribution in [0.3, 0.4) is 0 Å². The molecule has 3 heteroatoms. The summed E-state index contributed by atoms with van der Waals surface area (Å²) < 4.78 is 0. The zero-order valence-electron chi connectivity index (χ0n) is 13.7. The molecule has 2 nitrogen and oxygen atoms in total. The molecule has 0 saturated carbocycles. The number of carboxylic acids is 1. The summed E-state index contributed by atoms with van der Waals surface area (Å²) in [4.78, 5) is 10.3. The molecule has 0 fully saturated rings. The van der Waals surface area contributed by atoms with Crippen LogP contribution in [0.25, 0.3) is 0 Å². The second-order valence-electron chi connectivity index (χ2n) is 5.74. The van der Waals surface area contributed by atoms with Gasteiger partial charge < -0.3 is 5.11 Å². The normalized spacial score (nSPS) is 10.2. The fourth-order valence-electron chi connectivity index (χ4n) is 2.47. The van der Waals surface area contributed by atoms with E-state index in [1.54, 1.807) is 0 Å². The maximum Gasteiger partial charge on any atom is 0.303 e. The first-order valence-corrected chi connectivity index (χ1v) is 8.49. The molecule has 0 unspecified atom stereocenters. The van der Waals surface area contributed by atoms with Gasteiger partial charge in [-0.3, -0.25) is 4.79 Å². The van der Waals surface area contributed by atoms with Gasteiger partial charge >= 0.3 is 5.97 Å². The van der Waals surface area contributed by atoms with Gasteiger partial charge in [-0.15, -0.1) is 0 Å². The third kappa shape index (κ3) is 21.3. The first kappa shape index (κ1) is 23.3. The Hall–Kier alpha value is 1.04. The van der Waals surface area contributed by atoms with Crippen LogP contribution in [-0.2, 0) is 4.79 Å². The average molecular weight is 408 g/mol. The SMILES string of the molecule is CCCCCCCCCCCCCCCCC(=O)O.[Ba]. The molecule has 116 valence electrons. The van der Waals surface area contributed by atoms with Gasteiger partial charge in [0.25, 0.3) is 0 Å². The van der Waals surface area contributed by atoms with E-state index >= 15 is 0 Å². The Kier molecular flexibility index (Phi) is 23.4. The number of carboxylic acid groups (broad SMARTS) is 1. The zero-order valence-corrected chi connectivity index (χ0v) is 18.1. The van der Waals surface area contributed by atoms with E-state index in [2.05, 4.69) is 6.92 Å². The molecule has 0 aliphatic rings. The molecule has 0 rings (SSSR count). The molecule has 0 bridgehead atoms. The predicted molar refractivity (Wildman–Crippen MR) is 88.3 cm³/mol. The van der Waals surface area contributed by atoms with Crippen LogP contribution >= 0.6 is 0 Å². The van der Waals surface area contributed by atoms with Gasteiger partial charge in [0.2, 0.25) is 0 Å². The molecule has 1 N–H and O–H groups in total. The molecule has 20 heavy (non-hydrogen) atoms. The Balaban J connectivity index is 0. The fourth-order valence-corrected chi connectivity index (χ4v) is 2.47. The van der Waals surface area contributed by atoms with E-state index in [0.29, 0.717) is 6.42 Å². The van der Waals surface area contributed by atoms with Crippen molar-refractivity contribution >= 4 is 54.9 Å². The molecule has 0 atom stereocenters. The van der Waals surface area contributed by atoms with Crippen molar-refractivity contribution in [3.05, 3.63) is 0 Å². The van der Waals surface area contributed by atoms with E-state index in [1.165, 1.54) is 77.0 Å². The van der Waals surface area contributed by atoms with Crippen molar-refractivity contribution in [3.8, 4) is 0 Å². The zero-order chi connectivity index (χ0) is 14.2. The number of carbonyl (C=O) groups is 1. The third-order valence-corrected chi connectivity index (χ3v) is 3.74. The second kappa shape index (κ2) is 20.0. The summed E-state index contributed by atoms with van der Waals surface area (Å²) >= 11 is 0. The van der Waals surface area contributed by atoms with Crippen LogP contribution < -0.4 is 0 Å². The summed E-state index contributed by atoms with van der Waals surface area (Å²) in [5.74, 6) is -0.654. The first-order chi connectivity index (χ1) is 9.27. The summed E-state index contributed by atoms with van der Waals surface area (Å²) in [5, 5.41) is 8.50. The minimum atomic E-state index is -0.654. The van der Waals surface area contributed by atoms with Gasteiger partial charge in [0, 0.05) is 55.3 Å². The van der Waals surface area contributed by atoms with Crippen LogP contribution in [0.5, 0.6) is 0 Å². The minimum absolute atomic E-state index is 0. The summed E-state index contributed by atoms with van der Waals surface area (Å²) in [7, 11) is 0. The van der Waals surface area contributed by atoms with E-state index in [0.717, 1.165) is 12.8 Å². The molecule has 0 aromatic heterocycles. The van der Waals surface area contributed by atoms with Crippen LogP contribution in [0.2, 0.25) is 0 Å². The van der Waals surface area contributed by atoms with Crippen LogP contribution in [0.1, 0.15) is 103 Å². The quantitative estimate of drug-likeness (QED) is 0.285. The summed E-state index contributed by atoms with van der Waals surface area (Å²) in [6.45, 7) is 2.27. The molecule has 0 saturated heterocycles. The molecular weight excluding hydrogens is 374 g/mol. The smallest absolute Gasteiger partial charge is 0.303 e. The third-order valence-electron chi connectivity index (χ3n) is 3.74. The van der Waals surface area contributed by atoms with Crippen molar-refractivity contribution in [2.45, 2.75) is 103 Å². The van der Waals surface area contributed by atoms with Gasteiger partial charge in [-0.25, -0.2) is 0 Å². The second-order valence-corrected chi connectivity index (χ2v) is 5.74. The Morgan fingerprint density at radius 3 is 1.25 bits per heavy atom. The van der Waals surface area contributed by atoms with Crippen LogP contribution in [0.4, 0.5) is 0 Å². The van der Waals surface area contributed by atoms with Gasteiger partial charge in [0.05, 0.1) is 0 Å². The number of aliphatic carboxylic acids is 1. The molecule has 0 aromatic carbocycles. The van der Waals surface area contributed by atoms with E-state index in [1.807, 2.05) is 0 Å². The Morgan fingerprint density at radius 1 is 0.650 bits per heavy atom. The first-order valence-electron chi connectivity index (χ1n) is 8.49. The van der Waals surface area contributed by atoms with Crippen molar-refractivity contribution in [2.24, 2.45) is 0 Å². The minimum Gasteiger partial charge on any atom is -0.481 e. The standard InChI is InChI=1S/C17H34O2.Ba/c1-2-3-4-5-6-7-8-9-10-11-12-13-14-15-16-17(18)19;/h2-16H2,1H3,(H,18,19);. The van der Waals surface area contributed by atoms with Gasteiger partial charge in [-0.1, -0.05) is 90.4 Å². The van der Waals surface area contributed by atoms with Crippen molar-refractivity contribution in [3.63, 3.8) is 0 Å². The number of hydrogen-bond acceptors (Lipinski definition) is 1. The molecule has 0 spiro atoms. The summed E-state index contributed by atoms with van der Waals surface area (Å²) in [5.41, 5.74) is 0. The monoisotopic (exact) mass is 408 g/mol. The number of hydrogen-bond donors (Lipinski definition) is 1. The maximum atomic E-state index is 10.3. The molecular formula is C17H34BaO2. The molecule has 0 amide bonds. The molecule has 0 aromatic rings. The van der Waals surface area contributed by atoms with E-state index in [9.17, 15) is 4.79 Å². The Morgan fingerprint density at radius 2 is 0.950 bits per heavy atom. The fraction of sp³-hybridized carbons (Fsp3) is 0.941. The molecule has 0 aliphatic heterocycles. The van der Waals surface area contributed by atoms with Crippen molar-refractivity contribution in [1.82, 2.24) is 0 Å². The van der Waals surface area contributed by atoms with Gasteiger partial charge in [0.15, 0.2) is 0 Å². The molecule has 2 radical (unpaired) electrons. The van der Waals surface area contributed by atoms with Crippen LogP contribution in [-0.4, -0.2) is 60.0 Å². The van der Waals surface area contributed by atoms with Crippen LogP contribution in [0.15, 0.2) is 0 Å². The van der Waals surface area contributed by atoms with E-state index < -0.39 is 5.97 Å². The van der Waals surface area contributed by atoms with Gasteiger partial charge in [0.1, 0.15) is 0 Å². The van der Waals surface area contributed by atoms with Crippen LogP contribution in [0, 0.1) is 0 Å². The summed E-state index contributed by atoms with van der Waals surface area (Å²) in [6.07, 6.45) is 18.7. The number of rotatable bonds is 15. The van der Waals surface area contributed by atoms with Crippen molar-refractivity contribution in [2.75, 3.05) is 0 Å². The predicted octanol–water partition coefficient (Wildman–Crippen LogP) is 5.56.